The largest absolute Gasteiger partial charge is 0.401 e. The molecule has 0 aromatic rings. The molecule has 0 radical (unpaired) electrons. The Morgan fingerprint density at radius 1 is 0.938 bits per heavy atom. The molecule has 0 aromatic heterocycles. The van der Waals surface area contributed by atoms with Gasteiger partial charge in [-0.25, -0.2) is 0 Å². The van der Waals surface area contributed by atoms with Gasteiger partial charge in [-0.3, -0.25) is 0 Å². The molecule has 1 fully saturated rings. The lowest BCUT2D eigenvalue weighted by Gasteiger charge is -2.41. The Hall–Kier alpha value is -0.460. The summed E-state index contributed by atoms with van der Waals surface area (Å²) in [6.07, 6.45) is -10.3. The summed E-state index contributed by atoms with van der Waals surface area (Å²) in [4.78, 5) is 0. The van der Waals surface area contributed by atoms with Crippen molar-refractivity contribution >= 4 is 0 Å². The summed E-state index contributed by atoms with van der Waals surface area (Å²) >= 11 is 0. The van der Waals surface area contributed by atoms with E-state index >= 15 is 0 Å². The van der Waals surface area contributed by atoms with Crippen LogP contribution >= 0.6 is 0 Å². The summed E-state index contributed by atoms with van der Waals surface area (Å²) in [5, 5.41) is 0. The maximum Gasteiger partial charge on any atom is 0.401 e. The van der Waals surface area contributed by atoms with Crippen LogP contribution in [-0.4, -0.2) is 17.9 Å². The van der Waals surface area contributed by atoms with E-state index in [1.54, 1.807) is 0 Å². The van der Waals surface area contributed by atoms with Crippen molar-refractivity contribution in [2.75, 3.05) is 0 Å². The first-order valence-corrected chi connectivity index (χ1v) is 4.75. The van der Waals surface area contributed by atoms with Crippen LogP contribution in [0.15, 0.2) is 0 Å². The van der Waals surface area contributed by atoms with Gasteiger partial charge in [-0.2, -0.15) is 26.3 Å². The number of hydrogen-bond donors (Lipinski definition) is 1. The molecule has 1 saturated carbocycles. The molecule has 2 N–H and O–H groups in total. The first-order chi connectivity index (χ1) is 6.82. The minimum Gasteiger partial charge on any atom is -0.325 e. The fraction of sp³-hybridized carbons (Fsp3) is 1.00. The van der Waals surface area contributed by atoms with Crippen molar-refractivity contribution in [3.05, 3.63) is 0 Å². The maximum absolute atomic E-state index is 12.5. The summed E-state index contributed by atoms with van der Waals surface area (Å²) < 4.78 is 75.0. The number of hydrogen-bond acceptors (Lipinski definition) is 1. The molecule has 96 valence electrons. The predicted molar refractivity (Wildman–Crippen MR) is 45.5 cm³/mol. The van der Waals surface area contributed by atoms with Crippen molar-refractivity contribution in [1.29, 1.82) is 0 Å². The molecule has 0 unspecified atom stereocenters. The molecule has 0 spiro atoms. The molecule has 16 heavy (non-hydrogen) atoms. The van der Waals surface area contributed by atoms with Crippen LogP contribution in [0.4, 0.5) is 26.3 Å². The standard InChI is InChI=1S/C9H13F6N/c1-6(2,7(16)3-4-7)5(8(10,11)12)9(13,14)15/h5H,3-4,16H2,1-2H3. The maximum atomic E-state index is 12.5. The normalized spacial score (nSPS) is 21.4. The Morgan fingerprint density at radius 3 is 1.44 bits per heavy atom. The molecule has 0 aliphatic heterocycles. The number of nitrogens with two attached hydrogens (primary N) is 1. The Kier molecular flexibility index (Phi) is 2.78. The highest BCUT2D eigenvalue weighted by atomic mass is 19.4. The van der Waals surface area contributed by atoms with Gasteiger partial charge in [-0.15, -0.1) is 0 Å². The van der Waals surface area contributed by atoms with Crippen LogP contribution < -0.4 is 5.73 Å². The van der Waals surface area contributed by atoms with Crippen molar-refractivity contribution < 1.29 is 26.3 Å². The SMILES string of the molecule is CC(C)(C(C(F)(F)F)C(F)(F)F)C1(N)CC1. The fourth-order valence-electron chi connectivity index (χ4n) is 2.07. The van der Waals surface area contributed by atoms with Crippen LogP contribution in [-0.2, 0) is 0 Å². The average molecular weight is 249 g/mol. The van der Waals surface area contributed by atoms with E-state index < -0.39 is 29.2 Å². The predicted octanol–water partition coefficient (Wildman–Crippen LogP) is 3.24. The monoisotopic (exact) mass is 249 g/mol. The molecule has 0 bridgehead atoms. The van der Waals surface area contributed by atoms with Gasteiger partial charge in [-0.1, -0.05) is 13.8 Å². The molecule has 1 rings (SSSR count). The second-order valence-electron chi connectivity index (χ2n) is 4.89. The zero-order valence-electron chi connectivity index (χ0n) is 8.84. The molecule has 0 heterocycles. The number of rotatable bonds is 2. The third kappa shape index (κ3) is 2.14. The zero-order chi connectivity index (χ0) is 13.0. The van der Waals surface area contributed by atoms with Gasteiger partial charge in [0, 0.05) is 11.0 Å². The van der Waals surface area contributed by atoms with Gasteiger partial charge in [0.05, 0.1) is 0 Å². The summed E-state index contributed by atoms with van der Waals surface area (Å²) in [5.74, 6) is -3.38. The Morgan fingerprint density at radius 2 is 1.25 bits per heavy atom. The summed E-state index contributed by atoms with van der Waals surface area (Å²) in [5.41, 5.74) is 2.12. The second-order valence-corrected chi connectivity index (χ2v) is 4.89. The highest BCUT2D eigenvalue weighted by Gasteiger charge is 2.70. The van der Waals surface area contributed by atoms with Crippen molar-refractivity contribution in [2.45, 2.75) is 44.6 Å². The lowest BCUT2D eigenvalue weighted by Crippen LogP contribution is -2.55. The summed E-state index contributed by atoms with van der Waals surface area (Å²) in [6, 6.07) is 0. The minimum atomic E-state index is -5.32. The van der Waals surface area contributed by atoms with Crippen LogP contribution in [0.25, 0.3) is 0 Å². The molecule has 0 amide bonds. The first-order valence-electron chi connectivity index (χ1n) is 4.75. The van der Waals surface area contributed by atoms with E-state index in [1.165, 1.54) is 0 Å². The smallest absolute Gasteiger partial charge is 0.325 e. The quantitative estimate of drug-likeness (QED) is 0.747. The van der Waals surface area contributed by atoms with E-state index in [1.807, 2.05) is 0 Å². The van der Waals surface area contributed by atoms with Crippen LogP contribution in [0.1, 0.15) is 26.7 Å². The second kappa shape index (κ2) is 3.27. The van der Waals surface area contributed by atoms with Gasteiger partial charge in [0.2, 0.25) is 0 Å². The zero-order valence-corrected chi connectivity index (χ0v) is 8.84. The molecule has 1 nitrogen and oxygen atoms in total. The average Bonchev–Trinajstić information content (AvgIpc) is 2.59. The van der Waals surface area contributed by atoms with Crippen LogP contribution in [0.2, 0.25) is 0 Å². The van der Waals surface area contributed by atoms with Crippen LogP contribution in [0.3, 0.4) is 0 Å². The van der Waals surface area contributed by atoms with Gasteiger partial charge in [-0.05, 0) is 12.8 Å². The highest BCUT2D eigenvalue weighted by Crippen LogP contribution is 2.59. The molecule has 1 aliphatic rings. The molecule has 0 saturated heterocycles. The van der Waals surface area contributed by atoms with E-state index in [4.69, 9.17) is 5.73 Å². The number of alkyl halides is 6. The first kappa shape index (κ1) is 13.6. The van der Waals surface area contributed by atoms with Gasteiger partial charge >= 0.3 is 12.4 Å². The molecule has 0 atom stereocenters. The molecule has 1 aliphatic carbocycles. The lowest BCUT2D eigenvalue weighted by molar-refractivity contribution is -0.315. The highest BCUT2D eigenvalue weighted by molar-refractivity contribution is 5.13. The van der Waals surface area contributed by atoms with Crippen LogP contribution in [0, 0.1) is 11.3 Å². The van der Waals surface area contributed by atoms with Gasteiger partial charge in [0.1, 0.15) is 0 Å². The Balaban J connectivity index is 3.12. The van der Waals surface area contributed by atoms with Gasteiger partial charge in [0.25, 0.3) is 0 Å². The molecular weight excluding hydrogens is 236 g/mol. The van der Waals surface area contributed by atoms with Gasteiger partial charge < -0.3 is 5.73 Å². The van der Waals surface area contributed by atoms with Crippen LogP contribution in [0.5, 0.6) is 0 Å². The van der Waals surface area contributed by atoms with Gasteiger partial charge in [0.15, 0.2) is 5.92 Å². The third-order valence-corrected chi connectivity index (χ3v) is 3.45. The molecule has 7 heteroatoms. The Bertz CT molecular complexity index is 259. The van der Waals surface area contributed by atoms with E-state index in [0.717, 1.165) is 13.8 Å². The van der Waals surface area contributed by atoms with E-state index in [9.17, 15) is 26.3 Å². The van der Waals surface area contributed by atoms with E-state index in [0.29, 0.717) is 0 Å². The van der Waals surface area contributed by atoms with Crippen molar-refractivity contribution in [2.24, 2.45) is 17.1 Å². The number of halogens is 6. The van der Waals surface area contributed by atoms with Crippen molar-refractivity contribution in [3.63, 3.8) is 0 Å². The van der Waals surface area contributed by atoms with Crippen molar-refractivity contribution in [1.82, 2.24) is 0 Å². The fourth-order valence-corrected chi connectivity index (χ4v) is 2.07. The minimum absolute atomic E-state index is 0.197. The summed E-state index contributed by atoms with van der Waals surface area (Å²) in [7, 11) is 0. The lowest BCUT2D eigenvalue weighted by atomic mass is 9.70. The van der Waals surface area contributed by atoms with E-state index in [-0.39, 0.29) is 12.8 Å². The molecule has 0 aromatic carbocycles. The molecular formula is C9H13F6N. The Labute approximate surface area is 89.0 Å². The van der Waals surface area contributed by atoms with Crippen molar-refractivity contribution in [3.8, 4) is 0 Å². The topological polar surface area (TPSA) is 26.0 Å². The van der Waals surface area contributed by atoms with E-state index in [2.05, 4.69) is 0 Å². The summed E-state index contributed by atoms with van der Waals surface area (Å²) in [6.45, 7) is 1.87. The third-order valence-electron chi connectivity index (χ3n) is 3.45.